The third-order valence-electron chi connectivity index (χ3n) is 3.42. The van der Waals surface area contributed by atoms with E-state index in [2.05, 4.69) is 9.82 Å². The third-order valence-corrected chi connectivity index (χ3v) is 4.78. The fraction of sp³-hybridized carbons (Fsp3) is 0.125. The smallest absolute Gasteiger partial charge is 0.341 e. The summed E-state index contributed by atoms with van der Waals surface area (Å²) in [6, 6.07) is 4.73. The number of halogens is 2. The zero-order valence-corrected chi connectivity index (χ0v) is 14.3. The van der Waals surface area contributed by atoms with Gasteiger partial charge in [0.2, 0.25) is 0 Å². The summed E-state index contributed by atoms with van der Waals surface area (Å²) in [5.74, 6) is -2.63. The van der Waals surface area contributed by atoms with Crippen molar-refractivity contribution in [2.45, 2.75) is 11.8 Å². The molecule has 2 aromatic heterocycles. The molecule has 0 aliphatic carbocycles. The second-order valence-electron chi connectivity index (χ2n) is 5.23. The lowest BCUT2D eigenvalue weighted by Gasteiger charge is -2.09. The van der Waals surface area contributed by atoms with Gasteiger partial charge in [-0.2, -0.15) is 5.10 Å². The second kappa shape index (κ2) is 6.71. The monoisotopic (exact) mass is 381 g/mol. The Labute approximate surface area is 147 Å². The summed E-state index contributed by atoms with van der Waals surface area (Å²) in [6.07, 6.45) is 2.73. The maximum atomic E-state index is 13.3. The lowest BCUT2D eigenvalue weighted by Crippen LogP contribution is -2.14. The zero-order chi connectivity index (χ0) is 18.9. The molecule has 0 amide bonds. The molecular formula is C16H13F2N3O4S. The van der Waals surface area contributed by atoms with Gasteiger partial charge in [0.1, 0.15) is 17.2 Å². The van der Waals surface area contributed by atoms with E-state index < -0.39 is 32.5 Å². The van der Waals surface area contributed by atoms with Gasteiger partial charge in [-0.15, -0.1) is 0 Å². The van der Waals surface area contributed by atoms with Gasteiger partial charge in [0.05, 0.1) is 28.9 Å². The maximum Gasteiger partial charge on any atom is 0.341 e. The van der Waals surface area contributed by atoms with Crippen LogP contribution in [0.5, 0.6) is 0 Å². The molecule has 7 nitrogen and oxygen atoms in total. The summed E-state index contributed by atoms with van der Waals surface area (Å²) in [5.41, 5.74) is 0.562. The van der Waals surface area contributed by atoms with Gasteiger partial charge in [0.25, 0.3) is 10.0 Å². The highest BCUT2D eigenvalue weighted by atomic mass is 32.2. The number of anilines is 1. The summed E-state index contributed by atoms with van der Waals surface area (Å²) in [6.45, 7) is 1.83. The molecule has 0 aliphatic heterocycles. The minimum absolute atomic E-state index is 0.0909. The van der Waals surface area contributed by atoms with E-state index in [1.807, 2.05) is 0 Å². The Morgan fingerprint density at radius 3 is 2.58 bits per heavy atom. The number of aromatic nitrogens is 2. The normalized spacial score (nSPS) is 11.5. The molecule has 0 radical (unpaired) electrons. The molecule has 0 spiro atoms. The summed E-state index contributed by atoms with van der Waals surface area (Å²) >= 11 is 0. The highest BCUT2D eigenvalue weighted by Gasteiger charge is 2.19. The van der Waals surface area contributed by atoms with Crippen LogP contribution < -0.4 is 4.72 Å². The molecule has 3 rings (SSSR count). The van der Waals surface area contributed by atoms with Gasteiger partial charge >= 0.3 is 5.97 Å². The summed E-state index contributed by atoms with van der Waals surface area (Å²) in [7, 11) is -4.23. The van der Waals surface area contributed by atoms with E-state index in [-0.39, 0.29) is 17.9 Å². The van der Waals surface area contributed by atoms with Crippen molar-refractivity contribution in [1.29, 1.82) is 0 Å². The molecular weight excluding hydrogens is 368 g/mol. The number of esters is 1. The second-order valence-corrected chi connectivity index (χ2v) is 6.92. The first-order chi connectivity index (χ1) is 12.3. The SMILES string of the molecule is CCOC(=O)c1cnn2ccc(NS(=O)(=O)c3cc(F)cc(F)c3)cc12. The third kappa shape index (κ3) is 3.49. The molecule has 26 heavy (non-hydrogen) atoms. The Balaban J connectivity index is 1.98. The van der Waals surface area contributed by atoms with Crippen LogP contribution in [0.1, 0.15) is 17.3 Å². The lowest BCUT2D eigenvalue weighted by atomic mass is 10.2. The molecule has 0 saturated carbocycles. The Morgan fingerprint density at radius 2 is 1.92 bits per heavy atom. The van der Waals surface area contributed by atoms with Crippen molar-refractivity contribution >= 4 is 27.2 Å². The summed E-state index contributed by atoms with van der Waals surface area (Å²) in [5, 5.41) is 3.98. The van der Waals surface area contributed by atoms with Crippen LogP contribution in [-0.2, 0) is 14.8 Å². The van der Waals surface area contributed by atoms with E-state index in [1.54, 1.807) is 6.92 Å². The van der Waals surface area contributed by atoms with Crippen molar-refractivity contribution in [3.05, 3.63) is 59.9 Å². The number of carbonyl (C=O) groups excluding carboxylic acids is 1. The van der Waals surface area contributed by atoms with Crippen LogP contribution >= 0.6 is 0 Å². The molecule has 10 heteroatoms. The number of hydrogen-bond donors (Lipinski definition) is 1. The van der Waals surface area contributed by atoms with Gasteiger partial charge in [0.15, 0.2) is 0 Å². The fourth-order valence-electron chi connectivity index (χ4n) is 2.31. The van der Waals surface area contributed by atoms with Crippen LogP contribution in [0.15, 0.2) is 47.6 Å². The average molecular weight is 381 g/mol. The molecule has 3 aromatic rings. The van der Waals surface area contributed by atoms with Gasteiger partial charge in [-0.25, -0.2) is 26.5 Å². The van der Waals surface area contributed by atoms with Gasteiger partial charge in [-0.05, 0) is 31.2 Å². The number of nitrogens with zero attached hydrogens (tertiary/aromatic N) is 2. The first-order valence-corrected chi connectivity index (χ1v) is 8.92. The highest BCUT2D eigenvalue weighted by molar-refractivity contribution is 7.92. The zero-order valence-electron chi connectivity index (χ0n) is 13.4. The molecule has 1 N–H and O–H groups in total. The Morgan fingerprint density at radius 1 is 1.23 bits per heavy atom. The number of hydrogen-bond acceptors (Lipinski definition) is 5. The van der Waals surface area contributed by atoms with E-state index in [0.717, 1.165) is 0 Å². The van der Waals surface area contributed by atoms with Gasteiger partial charge in [0, 0.05) is 12.3 Å². The minimum Gasteiger partial charge on any atom is -0.462 e. The van der Waals surface area contributed by atoms with Crippen LogP contribution in [0, 0.1) is 11.6 Å². The Kier molecular flexibility index (Phi) is 4.60. The van der Waals surface area contributed by atoms with Gasteiger partial charge < -0.3 is 4.74 Å². The number of benzene rings is 1. The van der Waals surface area contributed by atoms with Crippen LogP contribution in [0.2, 0.25) is 0 Å². The van der Waals surface area contributed by atoms with E-state index >= 15 is 0 Å². The molecule has 0 atom stereocenters. The van der Waals surface area contributed by atoms with Crippen molar-refractivity contribution in [3.63, 3.8) is 0 Å². The number of sulfonamides is 1. The number of ether oxygens (including phenoxy) is 1. The number of pyridine rings is 1. The largest absolute Gasteiger partial charge is 0.462 e. The highest BCUT2D eigenvalue weighted by Crippen LogP contribution is 2.21. The van der Waals surface area contributed by atoms with E-state index in [1.165, 1.54) is 29.0 Å². The maximum absolute atomic E-state index is 13.3. The predicted octanol–water partition coefficient (Wildman–Crippen LogP) is 2.59. The van der Waals surface area contributed by atoms with E-state index in [0.29, 0.717) is 23.7 Å². The molecule has 0 saturated heterocycles. The number of nitrogens with one attached hydrogen (secondary N) is 1. The number of carbonyl (C=O) groups is 1. The number of rotatable bonds is 5. The Hall–Kier alpha value is -3.01. The Bertz CT molecular complexity index is 1080. The van der Waals surface area contributed by atoms with Gasteiger partial charge in [-0.1, -0.05) is 0 Å². The van der Waals surface area contributed by atoms with Gasteiger partial charge in [-0.3, -0.25) is 4.72 Å². The first kappa shape index (κ1) is 17.8. The topological polar surface area (TPSA) is 89.8 Å². The molecule has 0 bridgehead atoms. The van der Waals surface area contributed by atoms with Crippen LogP contribution in [0.25, 0.3) is 5.52 Å². The fourth-order valence-corrected chi connectivity index (χ4v) is 3.40. The lowest BCUT2D eigenvalue weighted by molar-refractivity contribution is 0.0528. The van der Waals surface area contributed by atoms with Crippen molar-refractivity contribution in [2.75, 3.05) is 11.3 Å². The van der Waals surface area contributed by atoms with Crippen LogP contribution in [0.3, 0.4) is 0 Å². The minimum atomic E-state index is -4.23. The van der Waals surface area contributed by atoms with Crippen LogP contribution in [-0.4, -0.2) is 30.6 Å². The summed E-state index contributed by atoms with van der Waals surface area (Å²) in [4.78, 5) is 11.4. The molecule has 0 unspecified atom stereocenters. The molecule has 0 aliphatic rings. The predicted molar refractivity (Wildman–Crippen MR) is 88.3 cm³/mol. The van der Waals surface area contributed by atoms with Crippen molar-refractivity contribution in [3.8, 4) is 0 Å². The molecule has 1 aromatic carbocycles. The average Bonchev–Trinajstić information content (AvgIpc) is 2.97. The molecule has 0 fully saturated rings. The molecule has 136 valence electrons. The molecule has 2 heterocycles. The quantitative estimate of drug-likeness (QED) is 0.686. The van der Waals surface area contributed by atoms with Crippen molar-refractivity contribution < 1.29 is 26.7 Å². The number of fused-ring (bicyclic) bond motifs is 1. The van der Waals surface area contributed by atoms with Crippen molar-refractivity contribution in [1.82, 2.24) is 9.61 Å². The summed E-state index contributed by atoms with van der Waals surface area (Å²) < 4.78 is 59.8. The first-order valence-electron chi connectivity index (χ1n) is 7.43. The van der Waals surface area contributed by atoms with E-state index in [9.17, 15) is 22.0 Å². The van der Waals surface area contributed by atoms with E-state index in [4.69, 9.17) is 4.74 Å². The standard InChI is InChI=1S/C16H13F2N3O4S/c1-2-25-16(22)14-9-19-21-4-3-12(8-15(14)21)20-26(23,24)13-6-10(17)5-11(18)7-13/h3-9,20H,2H2,1H3. The van der Waals surface area contributed by atoms with Crippen molar-refractivity contribution in [2.24, 2.45) is 0 Å². The van der Waals surface area contributed by atoms with Crippen LogP contribution in [0.4, 0.5) is 14.5 Å².